The summed E-state index contributed by atoms with van der Waals surface area (Å²) < 4.78 is 0. The van der Waals surface area contributed by atoms with Crippen molar-refractivity contribution in [3.63, 3.8) is 0 Å². The van der Waals surface area contributed by atoms with Gasteiger partial charge in [0.25, 0.3) is 0 Å². The number of rotatable bonds is 4. The number of piperidine rings is 1. The minimum Gasteiger partial charge on any atom is -0.314 e. The Morgan fingerprint density at radius 3 is 2.77 bits per heavy atom. The maximum atomic E-state index is 3.62. The topological polar surface area (TPSA) is 12.0 Å². The van der Waals surface area contributed by atoms with Crippen LogP contribution in [0.3, 0.4) is 0 Å². The van der Waals surface area contributed by atoms with E-state index in [9.17, 15) is 0 Å². The van der Waals surface area contributed by atoms with Crippen molar-refractivity contribution in [3.8, 4) is 0 Å². The largest absolute Gasteiger partial charge is 0.314 e. The maximum Gasteiger partial charge on any atom is 0.00696 e. The summed E-state index contributed by atoms with van der Waals surface area (Å²) in [6.45, 7) is 8.26. The highest BCUT2D eigenvalue weighted by Gasteiger charge is 2.17. The minimum absolute atomic E-state index is 0.822. The van der Waals surface area contributed by atoms with Crippen molar-refractivity contribution >= 4 is 0 Å². The van der Waals surface area contributed by atoms with Gasteiger partial charge in [0.05, 0.1) is 0 Å². The van der Waals surface area contributed by atoms with Crippen molar-refractivity contribution in [1.29, 1.82) is 0 Å². The summed E-state index contributed by atoms with van der Waals surface area (Å²) in [6.07, 6.45) is 6.97. The lowest BCUT2D eigenvalue weighted by Gasteiger charge is -2.28. The molecule has 0 saturated carbocycles. The van der Waals surface area contributed by atoms with E-state index in [0.717, 1.165) is 17.9 Å². The lowest BCUT2D eigenvalue weighted by Crippen LogP contribution is -2.37. The van der Waals surface area contributed by atoms with E-state index in [1.54, 1.807) is 0 Å². The van der Waals surface area contributed by atoms with Crippen LogP contribution < -0.4 is 5.32 Å². The van der Waals surface area contributed by atoms with Gasteiger partial charge in [-0.15, -0.1) is 0 Å². The van der Waals surface area contributed by atoms with Crippen molar-refractivity contribution in [2.45, 2.75) is 58.9 Å². The van der Waals surface area contributed by atoms with Gasteiger partial charge in [-0.05, 0) is 37.6 Å². The molecule has 1 nitrogen and oxygen atoms in total. The molecule has 1 heteroatoms. The Kier molecular flexibility index (Phi) is 4.79. The molecule has 0 bridgehead atoms. The molecule has 13 heavy (non-hydrogen) atoms. The van der Waals surface area contributed by atoms with Crippen LogP contribution in [0, 0.1) is 11.8 Å². The molecule has 78 valence electrons. The monoisotopic (exact) mass is 183 g/mol. The van der Waals surface area contributed by atoms with Gasteiger partial charge in [-0.2, -0.15) is 0 Å². The van der Waals surface area contributed by atoms with Crippen molar-refractivity contribution < 1.29 is 0 Å². The molecule has 0 aromatic heterocycles. The molecule has 0 amide bonds. The lowest BCUT2D eigenvalue weighted by atomic mass is 9.91. The predicted octanol–water partition coefficient (Wildman–Crippen LogP) is 3.20. The molecule has 1 aliphatic rings. The fourth-order valence-corrected chi connectivity index (χ4v) is 2.21. The first-order valence-corrected chi connectivity index (χ1v) is 5.92. The van der Waals surface area contributed by atoms with Crippen LogP contribution in [0.15, 0.2) is 0 Å². The maximum absolute atomic E-state index is 3.62. The first kappa shape index (κ1) is 11.0. The summed E-state index contributed by atoms with van der Waals surface area (Å²) in [5, 5.41) is 3.62. The van der Waals surface area contributed by atoms with Gasteiger partial charge in [-0.25, -0.2) is 0 Å². The second kappa shape index (κ2) is 5.64. The summed E-state index contributed by atoms with van der Waals surface area (Å²) in [5.74, 6) is 1.83. The third-order valence-electron chi connectivity index (χ3n) is 3.09. The molecule has 1 fully saturated rings. The van der Waals surface area contributed by atoms with E-state index in [4.69, 9.17) is 0 Å². The predicted molar refractivity (Wildman–Crippen MR) is 58.9 cm³/mol. The van der Waals surface area contributed by atoms with E-state index >= 15 is 0 Å². The molecule has 0 aromatic carbocycles. The highest BCUT2D eigenvalue weighted by molar-refractivity contribution is 4.76. The van der Waals surface area contributed by atoms with Gasteiger partial charge in [0.15, 0.2) is 0 Å². The van der Waals surface area contributed by atoms with Gasteiger partial charge in [0.1, 0.15) is 0 Å². The van der Waals surface area contributed by atoms with Crippen LogP contribution in [0.5, 0.6) is 0 Å². The highest BCUT2D eigenvalue weighted by atomic mass is 14.9. The summed E-state index contributed by atoms with van der Waals surface area (Å²) in [4.78, 5) is 0. The van der Waals surface area contributed by atoms with Crippen LogP contribution in [0.25, 0.3) is 0 Å². The highest BCUT2D eigenvalue weighted by Crippen LogP contribution is 2.19. The molecule has 1 aliphatic heterocycles. The third-order valence-corrected chi connectivity index (χ3v) is 3.09. The second-order valence-corrected chi connectivity index (χ2v) is 5.11. The summed E-state index contributed by atoms with van der Waals surface area (Å²) in [5.41, 5.74) is 0. The van der Waals surface area contributed by atoms with E-state index < -0.39 is 0 Å². The molecule has 1 heterocycles. The van der Waals surface area contributed by atoms with Crippen molar-refractivity contribution in [1.82, 2.24) is 5.32 Å². The fourth-order valence-electron chi connectivity index (χ4n) is 2.21. The molecule has 0 aliphatic carbocycles. The number of hydrogen-bond acceptors (Lipinski definition) is 1. The fraction of sp³-hybridized carbons (Fsp3) is 1.00. The van der Waals surface area contributed by atoms with Crippen molar-refractivity contribution in [2.24, 2.45) is 11.8 Å². The van der Waals surface area contributed by atoms with Gasteiger partial charge in [-0.3, -0.25) is 0 Å². The van der Waals surface area contributed by atoms with E-state index in [-0.39, 0.29) is 0 Å². The van der Waals surface area contributed by atoms with Gasteiger partial charge >= 0.3 is 0 Å². The third kappa shape index (κ3) is 4.66. The smallest absolute Gasteiger partial charge is 0.00696 e. The van der Waals surface area contributed by atoms with Gasteiger partial charge < -0.3 is 5.32 Å². The number of nitrogens with one attached hydrogen (secondary N) is 1. The molecule has 2 atom stereocenters. The van der Waals surface area contributed by atoms with Crippen LogP contribution >= 0.6 is 0 Å². The molecule has 1 N–H and O–H groups in total. The summed E-state index contributed by atoms with van der Waals surface area (Å²) in [6, 6.07) is 0.822. The molecule has 1 saturated heterocycles. The zero-order valence-electron chi connectivity index (χ0n) is 9.47. The quantitative estimate of drug-likeness (QED) is 0.706. The van der Waals surface area contributed by atoms with Crippen LogP contribution in [-0.2, 0) is 0 Å². The van der Waals surface area contributed by atoms with E-state index in [0.29, 0.717) is 0 Å². The van der Waals surface area contributed by atoms with Crippen molar-refractivity contribution in [3.05, 3.63) is 0 Å². The van der Waals surface area contributed by atoms with Crippen LogP contribution in [0.2, 0.25) is 0 Å². The second-order valence-electron chi connectivity index (χ2n) is 5.11. The van der Waals surface area contributed by atoms with Gasteiger partial charge in [0.2, 0.25) is 0 Å². The Bertz CT molecular complexity index is 131. The van der Waals surface area contributed by atoms with E-state index in [2.05, 4.69) is 26.1 Å². The molecule has 0 radical (unpaired) electrons. The Hall–Kier alpha value is -0.0400. The van der Waals surface area contributed by atoms with E-state index in [1.165, 1.54) is 38.6 Å². The average molecular weight is 183 g/mol. The summed E-state index contributed by atoms with van der Waals surface area (Å²) in [7, 11) is 0. The normalized spacial score (nSPS) is 29.5. The van der Waals surface area contributed by atoms with Gasteiger partial charge in [-0.1, -0.05) is 33.6 Å². The summed E-state index contributed by atoms with van der Waals surface area (Å²) >= 11 is 0. The number of hydrogen-bond donors (Lipinski definition) is 1. The molecule has 1 rings (SSSR count). The average Bonchev–Trinajstić information content (AvgIpc) is 2.03. The Morgan fingerprint density at radius 1 is 1.38 bits per heavy atom. The Morgan fingerprint density at radius 2 is 2.15 bits per heavy atom. The Balaban J connectivity index is 2.06. The lowest BCUT2D eigenvalue weighted by molar-refractivity contribution is 0.299. The zero-order chi connectivity index (χ0) is 9.68. The Labute approximate surface area is 83.3 Å². The molecular weight excluding hydrogens is 158 g/mol. The molecule has 2 unspecified atom stereocenters. The van der Waals surface area contributed by atoms with Crippen LogP contribution in [-0.4, -0.2) is 12.6 Å². The standard InChI is InChI=1S/C12H25N/c1-10(2)5-4-6-12-9-11(3)7-8-13-12/h10-13H,4-9H2,1-3H3. The zero-order valence-corrected chi connectivity index (χ0v) is 9.47. The SMILES string of the molecule is CC(C)CCCC1CC(C)CCN1. The van der Waals surface area contributed by atoms with Crippen LogP contribution in [0.4, 0.5) is 0 Å². The first-order chi connectivity index (χ1) is 6.18. The van der Waals surface area contributed by atoms with Crippen LogP contribution in [0.1, 0.15) is 52.9 Å². The molecule has 0 aromatic rings. The first-order valence-electron chi connectivity index (χ1n) is 5.92. The van der Waals surface area contributed by atoms with Gasteiger partial charge in [0, 0.05) is 6.04 Å². The van der Waals surface area contributed by atoms with Crippen molar-refractivity contribution in [2.75, 3.05) is 6.54 Å². The van der Waals surface area contributed by atoms with E-state index in [1.807, 2.05) is 0 Å². The molecular formula is C12H25N. The molecule has 0 spiro atoms. The minimum atomic E-state index is 0.822.